The average Bonchev–Trinajstić information content (AvgIpc) is 2.90. The normalized spacial score (nSPS) is 24.2. The van der Waals surface area contributed by atoms with E-state index in [2.05, 4.69) is 54.4 Å². The van der Waals surface area contributed by atoms with E-state index in [1.165, 1.54) is 5.56 Å². The lowest BCUT2D eigenvalue weighted by atomic mass is 10.0. The zero-order valence-corrected chi connectivity index (χ0v) is 12.8. The van der Waals surface area contributed by atoms with E-state index in [-0.39, 0.29) is 12.1 Å². The van der Waals surface area contributed by atoms with Gasteiger partial charge in [0.1, 0.15) is 0 Å². The number of aliphatic hydroxyl groups is 1. The van der Waals surface area contributed by atoms with Crippen LogP contribution < -0.4 is 5.32 Å². The summed E-state index contributed by atoms with van der Waals surface area (Å²) >= 11 is 0. The molecule has 20 heavy (non-hydrogen) atoms. The van der Waals surface area contributed by atoms with E-state index < -0.39 is 0 Å². The molecular weight excluding hydrogens is 248 g/mol. The largest absolute Gasteiger partial charge is 0.392 e. The molecular formula is C17H28N2O. The maximum absolute atomic E-state index is 9.95. The summed E-state index contributed by atoms with van der Waals surface area (Å²) in [7, 11) is 0. The van der Waals surface area contributed by atoms with Crippen molar-refractivity contribution in [2.24, 2.45) is 0 Å². The Morgan fingerprint density at radius 2 is 1.90 bits per heavy atom. The second kappa shape index (κ2) is 7.77. The molecule has 1 aromatic carbocycles. The molecule has 3 atom stereocenters. The molecule has 1 unspecified atom stereocenters. The van der Waals surface area contributed by atoms with Crippen molar-refractivity contribution in [3.05, 3.63) is 35.9 Å². The van der Waals surface area contributed by atoms with Gasteiger partial charge >= 0.3 is 0 Å². The van der Waals surface area contributed by atoms with Gasteiger partial charge in [0.05, 0.1) is 6.10 Å². The molecule has 0 spiro atoms. The Kier molecular flexibility index (Phi) is 6.02. The highest BCUT2D eigenvalue weighted by molar-refractivity contribution is 5.19. The van der Waals surface area contributed by atoms with Crippen molar-refractivity contribution < 1.29 is 5.11 Å². The molecule has 0 heterocycles. The van der Waals surface area contributed by atoms with E-state index in [4.69, 9.17) is 0 Å². The van der Waals surface area contributed by atoms with Gasteiger partial charge in [0.25, 0.3) is 0 Å². The fourth-order valence-corrected chi connectivity index (χ4v) is 3.24. The first-order valence-electron chi connectivity index (χ1n) is 7.96. The van der Waals surface area contributed by atoms with Crippen molar-refractivity contribution in [2.75, 3.05) is 19.6 Å². The molecule has 3 heteroatoms. The molecule has 3 nitrogen and oxygen atoms in total. The second-order valence-electron chi connectivity index (χ2n) is 5.66. The highest BCUT2D eigenvalue weighted by Crippen LogP contribution is 2.22. The Morgan fingerprint density at radius 3 is 2.45 bits per heavy atom. The number of benzene rings is 1. The molecule has 0 saturated heterocycles. The number of aliphatic hydroxyl groups excluding tert-OH is 1. The maximum atomic E-state index is 9.95. The standard InChI is InChI=1S/C17H28N2O/c1-3-19(4-2)16(14-9-6-5-7-10-14)13-18-15-11-8-12-17(15)20/h5-7,9-10,15-18,20H,3-4,8,11-13H2,1-2H3/t15-,16?,17-/m1/s1. The van der Waals surface area contributed by atoms with E-state index in [0.29, 0.717) is 6.04 Å². The number of rotatable bonds is 7. The summed E-state index contributed by atoms with van der Waals surface area (Å²) in [6.45, 7) is 7.43. The first kappa shape index (κ1) is 15.5. The van der Waals surface area contributed by atoms with Crippen molar-refractivity contribution in [1.82, 2.24) is 10.2 Å². The Balaban J connectivity index is 2.03. The lowest BCUT2D eigenvalue weighted by molar-refractivity contribution is 0.138. The van der Waals surface area contributed by atoms with Gasteiger partial charge in [-0.25, -0.2) is 0 Å². The average molecular weight is 276 g/mol. The van der Waals surface area contributed by atoms with Crippen LogP contribution >= 0.6 is 0 Å². The molecule has 0 aromatic heterocycles. The van der Waals surface area contributed by atoms with Gasteiger partial charge in [0, 0.05) is 18.6 Å². The second-order valence-corrected chi connectivity index (χ2v) is 5.66. The van der Waals surface area contributed by atoms with Crippen LogP contribution in [0.4, 0.5) is 0 Å². The Hall–Kier alpha value is -0.900. The molecule has 0 bridgehead atoms. The van der Waals surface area contributed by atoms with Gasteiger partial charge in [-0.3, -0.25) is 4.90 Å². The third-order valence-electron chi connectivity index (χ3n) is 4.49. The highest BCUT2D eigenvalue weighted by atomic mass is 16.3. The van der Waals surface area contributed by atoms with Gasteiger partial charge in [0.2, 0.25) is 0 Å². The number of likely N-dealkylation sites (N-methyl/N-ethyl adjacent to an activating group) is 1. The summed E-state index contributed by atoms with van der Waals surface area (Å²) in [5.74, 6) is 0. The molecule has 1 fully saturated rings. The monoisotopic (exact) mass is 276 g/mol. The van der Waals surface area contributed by atoms with Crippen molar-refractivity contribution in [1.29, 1.82) is 0 Å². The Bertz CT molecular complexity index is 378. The Morgan fingerprint density at radius 1 is 1.20 bits per heavy atom. The molecule has 112 valence electrons. The molecule has 2 N–H and O–H groups in total. The minimum absolute atomic E-state index is 0.164. The quantitative estimate of drug-likeness (QED) is 0.803. The Labute approximate surface area is 123 Å². The first-order valence-corrected chi connectivity index (χ1v) is 7.96. The van der Waals surface area contributed by atoms with Crippen LogP contribution in [0.3, 0.4) is 0 Å². The van der Waals surface area contributed by atoms with E-state index in [1.54, 1.807) is 0 Å². The first-order chi connectivity index (χ1) is 9.76. The van der Waals surface area contributed by atoms with Crippen molar-refractivity contribution in [3.63, 3.8) is 0 Å². The van der Waals surface area contributed by atoms with E-state index in [0.717, 1.165) is 38.9 Å². The molecule has 1 aliphatic rings. The minimum Gasteiger partial charge on any atom is -0.392 e. The lowest BCUT2D eigenvalue weighted by Gasteiger charge is -2.32. The zero-order chi connectivity index (χ0) is 14.4. The summed E-state index contributed by atoms with van der Waals surface area (Å²) in [6, 6.07) is 11.4. The third kappa shape index (κ3) is 3.81. The smallest absolute Gasteiger partial charge is 0.0693 e. The predicted octanol–water partition coefficient (Wildman–Crippen LogP) is 2.57. The van der Waals surface area contributed by atoms with Crippen LogP contribution in [-0.4, -0.2) is 41.8 Å². The van der Waals surface area contributed by atoms with Crippen LogP contribution in [-0.2, 0) is 0 Å². The third-order valence-corrected chi connectivity index (χ3v) is 4.49. The van der Waals surface area contributed by atoms with Crippen molar-refractivity contribution >= 4 is 0 Å². The molecule has 2 rings (SSSR count). The summed E-state index contributed by atoms with van der Waals surface area (Å²) in [4.78, 5) is 2.48. The van der Waals surface area contributed by atoms with Crippen molar-refractivity contribution in [3.8, 4) is 0 Å². The SMILES string of the molecule is CCN(CC)C(CN[C@@H]1CCC[C@H]1O)c1ccccc1. The number of hydrogen-bond donors (Lipinski definition) is 2. The molecule has 1 saturated carbocycles. The van der Waals surface area contributed by atoms with Gasteiger partial charge < -0.3 is 10.4 Å². The predicted molar refractivity (Wildman–Crippen MR) is 83.8 cm³/mol. The molecule has 1 aromatic rings. The number of nitrogens with zero attached hydrogens (tertiary/aromatic N) is 1. The van der Waals surface area contributed by atoms with Crippen LogP contribution in [0.2, 0.25) is 0 Å². The summed E-state index contributed by atoms with van der Waals surface area (Å²) in [5.41, 5.74) is 1.36. The molecule has 0 aliphatic heterocycles. The van der Waals surface area contributed by atoms with E-state index in [9.17, 15) is 5.11 Å². The van der Waals surface area contributed by atoms with Crippen LogP contribution in [0.5, 0.6) is 0 Å². The summed E-state index contributed by atoms with van der Waals surface area (Å²) < 4.78 is 0. The lowest BCUT2D eigenvalue weighted by Crippen LogP contribution is -2.42. The van der Waals surface area contributed by atoms with Gasteiger partial charge in [-0.05, 0) is 37.9 Å². The number of hydrogen-bond acceptors (Lipinski definition) is 3. The van der Waals surface area contributed by atoms with Crippen molar-refractivity contribution in [2.45, 2.75) is 51.3 Å². The van der Waals surface area contributed by atoms with Gasteiger partial charge in [0.15, 0.2) is 0 Å². The van der Waals surface area contributed by atoms with Crippen LogP contribution in [0.1, 0.15) is 44.7 Å². The van der Waals surface area contributed by atoms with Gasteiger partial charge in [-0.15, -0.1) is 0 Å². The van der Waals surface area contributed by atoms with Crippen LogP contribution in [0, 0.1) is 0 Å². The summed E-state index contributed by atoms with van der Waals surface area (Å²) in [6.07, 6.45) is 3.02. The topological polar surface area (TPSA) is 35.5 Å². The fraction of sp³-hybridized carbons (Fsp3) is 0.647. The molecule has 0 radical (unpaired) electrons. The minimum atomic E-state index is -0.164. The zero-order valence-electron chi connectivity index (χ0n) is 12.8. The molecule has 0 amide bonds. The van der Waals surface area contributed by atoms with E-state index in [1.807, 2.05) is 0 Å². The van der Waals surface area contributed by atoms with Gasteiger partial charge in [-0.2, -0.15) is 0 Å². The summed E-state index contributed by atoms with van der Waals surface area (Å²) in [5, 5.41) is 13.5. The number of nitrogens with one attached hydrogen (secondary N) is 1. The van der Waals surface area contributed by atoms with Crippen LogP contribution in [0.15, 0.2) is 30.3 Å². The van der Waals surface area contributed by atoms with Crippen LogP contribution in [0.25, 0.3) is 0 Å². The maximum Gasteiger partial charge on any atom is 0.0693 e. The highest BCUT2D eigenvalue weighted by Gasteiger charge is 2.26. The fourth-order valence-electron chi connectivity index (χ4n) is 3.24. The van der Waals surface area contributed by atoms with E-state index >= 15 is 0 Å². The molecule has 1 aliphatic carbocycles. The van der Waals surface area contributed by atoms with Gasteiger partial charge in [-0.1, -0.05) is 44.2 Å².